The molecule has 3 aliphatic heterocycles. The predicted octanol–water partition coefficient (Wildman–Crippen LogP) is 1.35. The van der Waals surface area contributed by atoms with Crippen LogP contribution in [0.2, 0.25) is 0 Å². The van der Waals surface area contributed by atoms with Crippen LogP contribution in [0.1, 0.15) is 46.0 Å². The van der Waals surface area contributed by atoms with Gasteiger partial charge in [-0.1, -0.05) is 0 Å². The second-order valence-electron chi connectivity index (χ2n) is 7.94. The summed E-state index contributed by atoms with van der Waals surface area (Å²) < 4.78 is 5.34. The highest BCUT2D eigenvalue weighted by atomic mass is 16.5. The molecule has 3 rings (SSSR count). The third kappa shape index (κ3) is 4.53. The molecule has 3 unspecified atom stereocenters. The Hall–Kier alpha value is -1.14. The topological polar surface area (TPSA) is 53.1 Å². The quantitative estimate of drug-likeness (QED) is 0.770. The first-order valence-electron chi connectivity index (χ1n) is 9.96. The summed E-state index contributed by atoms with van der Waals surface area (Å²) in [4.78, 5) is 31.8. The van der Waals surface area contributed by atoms with E-state index in [-0.39, 0.29) is 17.7 Å². The Morgan fingerprint density at radius 3 is 2.32 bits per heavy atom. The third-order valence-electron chi connectivity index (χ3n) is 6.02. The van der Waals surface area contributed by atoms with Gasteiger partial charge in [0.1, 0.15) is 0 Å². The second-order valence-corrected chi connectivity index (χ2v) is 7.94. The lowest BCUT2D eigenvalue weighted by molar-refractivity contribution is -0.144. The minimum Gasteiger partial charge on any atom is -0.378 e. The van der Waals surface area contributed by atoms with Crippen molar-refractivity contribution >= 4 is 11.8 Å². The van der Waals surface area contributed by atoms with Crippen LogP contribution in [0.3, 0.4) is 0 Å². The monoisotopic (exact) mass is 351 g/mol. The van der Waals surface area contributed by atoms with Gasteiger partial charge in [-0.05, 0) is 52.5 Å². The largest absolute Gasteiger partial charge is 0.378 e. The molecule has 3 fully saturated rings. The summed E-state index contributed by atoms with van der Waals surface area (Å²) in [6.07, 6.45) is 5.37. The normalized spacial score (nSPS) is 31.8. The highest BCUT2D eigenvalue weighted by Crippen LogP contribution is 2.24. The van der Waals surface area contributed by atoms with Crippen LogP contribution in [0.4, 0.5) is 0 Å². The molecule has 0 saturated carbocycles. The van der Waals surface area contributed by atoms with Gasteiger partial charge in [0.2, 0.25) is 11.8 Å². The number of ether oxygens (including phenoxy) is 1. The van der Waals surface area contributed by atoms with E-state index >= 15 is 0 Å². The maximum Gasteiger partial charge on any atom is 0.237 e. The molecule has 142 valence electrons. The SMILES string of the molecule is CC1CCCC(C)N1C(=O)CN1CCCC(C(=O)N2CCOCC2)C1. The molecule has 0 aromatic carbocycles. The fourth-order valence-corrected chi connectivity index (χ4v) is 4.63. The lowest BCUT2D eigenvalue weighted by Crippen LogP contribution is -2.53. The Bertz CT molecular complexity index is 469. The molecule has 3 heterocycles. The molecule has 25 heavy (non-hydrogen) atoms. The molecule has 0 radical (unpaired) electrons. The van der Waals surface area contributed by atoms with Gasteiger partial charge < -0.3 is 14.5 Å². The first-order chi connectivity index (χ1) is 12.1. The standard InChI is InChI=1S/C19H33N3O3/c1-15-5-3-6-16(2)22(15)18(23)14-20-8-4-7-17(13-20)19(24)21-9-11-25-12-10-21/h15-17H,3-14H2,1-2H3. The average Bonchev–Trinajstić information content (AvgIpc) is 2.62. The molecule has 6 heteroatoms. The number of nitrogens with zero attached hydrogens (tertiary/aromatic N) is 3. The molecule has 3 aliphatic rings. The number of hydrogen-bond donors (Lipinski definition) is 0. The molecule has 3 atom stereocenters. The second kappa shape index (κ2) is 8.49. The maximum atomic E-state index is 12.8. The lowest BCUT2D eigenvalue weighted by atomic mass is 9.95. The van der Waals surface area contributed by atoms with Crippen molar-refractivity contribution in [1.82, 2.24) is 14.7 Å². The molecule has 0 spiro atoms. The van der Waals surface area contributed by atoms with Crippen molar-refractivity contribution in [2.75, 3.05) is 45.9 Å². The van der Waals surface area contributed by atoms with Crippen LogP contribution in [-0.2, 0) is 14.3 Å². The van der Waals surface area contributed by atoms with Gasteiger partial charge in [0.25, 0.3) is 0 Å². The summed E-state index contributed by atoms with van der Waals surface area (Å²) in [7, 11) is 0. The van der Waals surface area contributed by atoms with E-state index in [4.69, 9.17) is 4.74 Å². The van der Waals surface area contributed by atoms with Crippen LogP contribution in [0.5, 0.6) is 0 Å². The summed E-state index contributed by atoms with van der Waals surface area (Å²) >= 11 is 0. The summed E-state index contributed by atoms with van der Waals surface area (Å²) in [5.41, 5.74) is 0. The van der Waals surface area contributed by atoms with Crippen LogP contribution < -0.4 is 0 Å². The van der Waals surface area contributed by atoms with Crippen molar-refractivity contribution in [3.63, 3.8) is 0 Å². The molecule has 0 aliphatic carbocycles. The van der Waals surface area contributed by atoms with Gasteiger partial charge in [-0.25, -0.2) is 0 Å². The van der Waals surface area contributed by atoms with Crippen LogP contribution in [0.25, 0.3) is 0 Å². The van der Waals surface area contributed by atoms with Gasteiger partial charge in [0, 0.05) is 31.7 Å². The summed E-state index contributed by atoms with van der Waals surface area (Å²) in [5, 5.41) is 0. The molecule has 0 aromatic rings. The molecular weight excluding hydrogens is 318 g/mol. The number of rotatable bonds is 3. The fraction of sp³-hybridized carbons (Fsp3) is 0.895. The summed E-state index contributed by atoms with van der Waals surface area (Å²) in [5.74, 6) is 0.523. The van der Waals surface area contributed by atoms with E-state index in [2.05, 4.69) is 23.6 Å². The number of likely N-dealkylation sites (tertiary alicyclic amines) is 2. The molecule has 0 N–H and O–H groups in total. The van der Waals surface area contributed by atoms with Crippen molar-refractivity contribution in [1.29, 1.82) is 0 Å². The van der Waals surface area contributed by atoms with Crippen molar-refractivity contribution in [2.45, 2.75) is 58.0 Å². The summed E-state index contributed by atoms with van der Waals surface area (Å²) in [6, 6.07) is 0.679. The van der Waals surface area contributed by atoms with Gasteiger partial charge in [-0.3, -0.25) is 14.5 Å². The molecule has 0 bridgehead atoms. The zero-order chi connectivity index (χ0) is 17.8. The summed E-state index contributed by atoms with van der Waals surface area (Å²) in [6.45, 7) is 9.13. The van der Waals surface area contributed by atoms with Crippen LogP contribution >= 0.6 is 0 Å². The fourth-order valence-electron chi connectivity index (χ4n) is 4.63. The average molecular weight is 351 g/mol. The molecule has 0 aromatic heterocycles. The van der Waals surface area contributed by atoms with E-state index < -0.39 is 0 Å². The molecular formula is C19H33N3O3. The van der Waals surface area contributed by atoms with E-state index in [1.165, 1.54) is 6.42 Å². The van der Waals surface area contributed by atoms with Gasteiger partial charge >= 0.3 is 0 Å². The molecule has 6 nitrogen and oxygen atoms in total. The van der Waals surface area contributed by atoms with E-state index in [0.717, 1.165) is 38.8 Å². The first-order valence-corrected chi connectivity index (χ1v) is 9.96. The highest BCUT2D eigenvalue weighted by molar-refractivity contribution is 5.80. The third-order valence-corrected chi connectivity index (χ3v) is 6.02. The van der Waals surface area contributed by atoms with Crippen molar-refractivity contribution < 1.29 is 14.3 Å². The maximum absolute atomic E-state index is 12.8. The zero-order valence-corrected chi connectivity index (χ0v) is 15.8. The Morgan fingerprint density at radius 1 is 0.960 bits per heavy atom. The van der Waals surface area contributed by atoms with Gasteiger partial charge in [0.05, 0.1) is 25.7 Å². The van der Waals surface area contributed by atoms with Crippen molar-refractivity contribution in [2.24, 2.45) is 5.92 Å². The van der Waals surface area contributed by atoms with Crippen molar-refractivity contribution in [3.05, 3.63) is 0 Å². The van der Waals surface area contributed by atoms with Gasteiger partial charge in [-0.15, -0.1) is 0 Å². The lowest BCUT2D eigenvalue weighted by Gasteiger charge is -2.41. The number of morpholine rings is 1. The number of carbonyl (C=O) groups is 2. The Balaban J connectivity index is 1.54. The Labute approximate surface area is 151 Å². The Morgan fingerprint density at radius 2 is 1.64 bits per heavy atom. The van der Waals surface area contributed by atoms with Gasteiger partial charge in [0.15, 0.2) is 0 Å². The number of amides is 2. The number of hydrogen-bond acceptors (Lipinski definition) is 4. The van der Waals surface area contributed by atoms with Crippen LogP contribution in [-0.4, -0.2) is 84.5 Å². The smallest absolute Gasteiger partial charge is 0.237 e. The van der Waals surface area contributed by atoms with E-state index in [9.17, 15) is 9.59 Å². The van der Waals surface area contributed by atoms with E-state index in [1.54, 1.807) is 0 Å². The van der Waals surface area contributed by atoms with E-state index in [0.29, 0.717) is 44.9 Å². The number of piperidine rings is 2. The molecule has 2 amide bonds. The van der Waals surface area contributed by atoms with Crippen LogP contribution in [0, 0.1) is 5.92 Å². The first kappa shape index (κ1) is 18.6. The molecule has 3 saturated heterocycles. The van der Waals surface area contributed by atoms with Crippen molar-refractivity contribution in [3.8, 4) is 0 Å². The predicted molar refractivity (Wildman–Crippen MR) is 96.2 cm³/mol. The highest BCUT2D eigenvalue weighted by Gasteiger charge is 2.33. The minimum atomic E-state index is 0.0378. The minimum absolute atomic E-state index is 0.0378. The number of carbonyl (C=O) groups excluding carboxylic acids is 2. The van der Waals surface area contributed by atoms with E-state index in [1.807, 2.05) is 4.90 Å². The zero-order valence-electron chi connectivity index (χ0n) is 15.8. The van der Waals surface area contributed by atoms with Gasteiger partial charge in [-0.2, -0.15) is 0 Å². The Kier molecular flexibility index (Phi) is 6.34. The van der Waals surface area contributed by atoms with Crippen LogP contribution in [0.15, 0.2) is 0 Å².